The van der Waals surface area contributed by atoms with Crippen LogP contribution in [0, 0.1) is 6.92 Å². The zero-order valence-electron chi connectivity index (χ0n) is 15.3. The van der Waals surface area contributed by atoms with Crippen molar-refractivity contribution < 1.29 is 19.1 Å². The number of halogens is 1. The first-order valence-corrected chi connectivity index (χ1v) is 9.28. The van der Waals surface area contributed by atoms with Gasteiger partial charge < -0.3 is 4.74 Å². The minimum Gasteiger partial charge on any atom is -0.462 e. The molecule has 0 N–H and O–H groups in total. The van der Waals surface area contributed by atoms with Crippen molar-refractivity contribution in [3.63, 3.8) is 0 Å². The van der Waals surface area contributed by atoms with E-state index >= 15 is 0 Å². The lowest BCUT2D eigenvalue weighted by molar-refractivity contribution is 0.0498. The van der Waals surface area contributed by atoms with Crippen LogP contribution < -0.4 is 4.90 Å². The molecule has 1 aliphatic rings. The number of imide groups is 1. The van der Waals surface area contributed by atoms with Gasteiger partial charge in [0.25, 0.3) is 11.8 Å². The molecular formula is C21H20ClNO4. The van der Waals surface area contributed by atoms with E-state index < -0.39 is 17.8 Å². The van der Waals surface area contributed by atoms with E-state index in [4.69, 9.17) is 16.3 Å². The topological polar surface area (TPSA) is 63.7 Å². The van der Waals surface area contributed by atoms with Gasteiger partial charge >= 0.3 is 5.97 Å². The third-order valence-corrected chi connectivity index (χ3v) is 4.92. The maximum atomic E-state index is 12.8. The van der Waals surface area contributed by atoms with E-state index in [1.54, 1.807) is 18.2 Å². The van der Waals surface area contributed by atoms with Crippen LogP contribution in [0.4, 0.5) is 5.69 Å². The van der Waals surface area contributed by atoms with Crippen molar-refractivity contribution in [2.24, 2.45) is 0 Å². The lowest BCUT2D eigenvalue weighted by atomic mass is 10.1. The molecule has 2 amide bonds. The average Bonchev–Trinajstić information content (AvgIpc) is 2.91. The van der Waals surface area contributed by atoms with Gasteiger partial charge in [0.2, 0.25) is 0 Å². The Morgan fingerprint density at radius 2 is 1.78 bits per heavy atom. The molecule has 1 aliphatic heterocycles. The van der Waals surface area contributed by atoms with Gasteiger partial charge in [0.1, 0.15) is 0 Å². The number of carbonyl (C=O) groups is 3. The van der Waals surface area contributed by atoms with Gasteiger partial charge in [0.15, 0.2) is 0 Å². The van der Waals surface area contributed by atoms with Crippen LogP contribution in [-0.4, -0.2) is 24.4 Å². The number of benzene rings is 2. The molecule has 3 rings (SSSR count). The van der Waals surface area contributed by atoms with Crippen molar-refractivity contribution in [1.29, 1.82) is 0 Å². The second kappa shape index (κ2) is 7.92. The summed E-state index contributed by atoms with van der Waals surface area (Å²) in [6, 6.07) is 9.44. The molecule has 140 valence electrons. The second-order valence-electron chi connectivity index (χ2n) is 6.48. The van der Waals surface area contributed by atoms with Gasteiger partial charge in [-0.05, 0) is 49.2 Å². The fraction of sp³-hybridized carbons (Fsp3) is 0.286. The van der Waals surface area contributed by atoms with Gasteiger partial charge in [0.05, 0.1) is 29.0 Å². The average molecular weight is 386 g/mol. The summed E-state index contributed by atoms with van der Waals surface area (Å²) < 4.78 is 5.23. The van der Waals surface area contributed by atoms with E-state index in [1.165, 1.54) is 18.2 Å². The maximum absolute atomic E-state index is 12.8. The molecular weight excluding hydrogens is 366 g/mol. The van der Waals surface area contributed by atoms with Crippen molar-refractivity contribution in [3.8, 4) is 0 Å². The van der Waals surface area contributed by atoms with Crippen LogP contribution in [0.25, 0.3) is 0 Å². The highest BCUT2D eigenvalue weighted by Crippen LogP contribution is 2.31. The minimum absolute atomic E-state index is 0.194. The monoisotopic (exact) mass is 385 g/mol. The predicted molar refractivity (Wildman–Crippen MR) is 104 cm³/mol. The van der Waals surface area contributed by atoms with Gasteiger partial charge in [-0.2, -0.15) is 0 Å². The van der Waals surface area contributed by atoms with Crippen LogP contribution in [0.5, 0.6) is 0 Å². The number of ether oxygens (including phenoxy) is 1. The molecule has 0 radical (unpaired) electrons. The molecule has 0 fully saturated rings. The van der Waals surface area contributed by atoms with E-state index in [0.717, 1.165) is 29.7 Å². The van der Waals surface area contributed by atoms with Gasteiger partial charge in [0, 0.05) is 5.02 Å². The highest BCUT2D eigenvalue weighted by atomic mass is 35.5. The van der Waals surface area contributed by atoms with Gasteiger partial charge in [-0.15, -0.1) is 0 Å². The molecule has 0 unspecified atom stereocenters. The molecule has 0 saturated heterocycles. The molecule has 1 heterocycles. The largest absolute Gasteiger partial charge is 0.462 e. The SMILES string of the molecule is CCCCCOC(=O)c1ccc2c(c1)C(=O)N(c1ccc(C)c(Cl)c1)C2=O. The standard InChI is InChI=1S/C21H20ClNO4/c1-3-4-5-10-27-21(26)14-7-9-16-17(11-14)20(25)23(19(16)24)15-8-6-13(2)18(22)12-15/h6-9,11-12H,3-5,10H2,1-2H3. The van der Waals surface area contributed by atoms with Crippen LogP contribution in [0.1, 0.15) is 62.8 Å². The number of rotatable bonds is 6. The fourth-order valence-corrected chi connectivity index (χ4v) is 3.10. The lowest BCUT2D eigenvalue weighted by Crippen LogP contribution is -2.29. The van der Waals surface area contributed by atoms with Gasteiger partial charge in [-0.3, -0.25) is 9.59 Å². The first-order chi connectivity index (χ1) is 12.9. The van der Waals surface area contributed by atoms with Crippen LogP contribution >= 0.6 is 11.6 Å². The second-order valence-corrected chi connectivity index (χ2v) is 6.89. The highest BCUT2D eigenvalue weighted by Gasteiger charge is 2.37. The van der Waals surface area contributed by atoms with E-state index in [2.05, 4.69) is 6.92 Å². The summed E-state index contributed by atoms with van der Waals surface area (Å²) in [7, 11) is 0. The summed E-state index contributed by atoms with van der Waals surface area (Å²) in [5.74, 6) is -1.40. The Labute approximate surface area is 162 Å². The van der Waals surface area contributed by atoms with E-state index in [9.17, 15) is 14.4 Å². The summed E-state index contributed by atoms with van der Waals surface area (Å²) in [5.41, 5.74) is 1.97. The molecule has 5 nitrogen and oxygen atoms in total. The summed E-state index contributed by atoms with van der Waals surface area (Å²) in [6.07, 6.45) is 2.82. The molecule has 0 aliphatic carbocycles. The molecule has 0 saturated carbocycles. The molecule has 27 heavy (non-hydrogen) atoms. The fourth-order valence-electron chi connectivity index (χ4n) is 2.92. The Morgan fingerprint density at radius 3 is 2.48 bits per heavy atom. The van der Waals surface area contributed by atoms with E-state index in [1.807, 2.05) is 6.92 Å². The summed E-state index contributed by atoms with van der Waals surface area (Å²) in [6.45, 7) is 4.25. The Morgan fingerprint density at radius 1 is 1.04 bits per heavy atom. The zero-order chi connectivity index (χ0) is 19.6. The number of carbonyl (C=O) groups excluding carboxylic acids is 3. The normalized spacial score (nSPS) is 13.1. The Bertz CT molecular complexity index is 922. The number of amides is 2. The number of unbranched alkanes of at least 4 members (excludes halogenated alkanes) is 2. The van der Waals surface area contributed by atoms with Crippen molar-refractivity contribution in [2.75, 3.05) is 11.5 Å². The first kappa shape index (κ1) is 19.1. The van der Waals surface area contributed by atoms with E-state index in [0.29, 0.717) is 17.3 Å². The number of hydrogen-bond acceptors (Lipinski definition) is 4. The molecule has 0 atom stereocenters. The van der Waals surface area contributed by atoms with Crippen molar-refractivity contribution >= 4 is 35.1 Å². The predicted octanol–water partition coefficient (Wildman–Crippen LogP) is 4.80. The van der Waals surface area contributed by atoms with Crippen molar-refractivity contribution in [1.82, 2.24) is 0 Å². The van der Waals surface area contributed by atoms with Crippen LogP contribution in [0.15, 0.2) is 36.4 Å². The quantitative estimate of drug-likeness (QED) is 0.407. The van der Waals surface area contributed by atoms with Gasteiger partial charge in [-0.25, -0.2) is 9.69 Å². The maximum Gasteiger partial charge on any atom is 0.338 e. The van der Waals surface area contributed by atoms with Crippen molar-refractivity contribution in [2.45, 2.75) is 33.1 Å². The third kappa shape index (κ3) is 3.74. The molecule has 2 aromatic carbocycles. The number of aryl methyl sites for hydroxylation is 1. The highest BCUT2D eigenvalue weighted by molar-refractivity contribution is 6.36. The summed E-state index contributed by atoms with van der Waals surface area (Å²) in [5, 5.41) is 0.473. The Balaban J connectivity index is 1.84. The molecule has 0 bridgehead atoms. The van der Waals surface area contributed by atoms with Crippen LogP contribution in [0.2, 0.25) is 5.02 Å². The number of nitrogens with zero attached hydrogens (tertiary/aromatic N) is 1. The summed E-state index contributed by atoms with van der Waals surface area (Å²) >= 11 is 6.13. The molecule has 0 aromatic heterocycles. The van der Waals surface area contributed by atoms with Crippen LogP contribution in [-0.2, 0) is 4.74 Å². The molecule has 0 spiro atoms. The van der Waals surface area contributed by atoms with Gasteiger partial charge in [-0.1, -0.05) is 37.4 Å². The third-order valence-electron chi connectivity index (χ3n) is 4.52. The number of esters is 1. The Kier molecular flexibility index (Phi) is 5.61. The number of anilines is 1. The molecule has 2 aromatic rings. The minimum atomic E-state index is -0.494. The van der Waals surface area contributed by atoms with Crippen LogP contribution in [0.3, 0.4) is 0 Å². The summed E-state index contributed by atoms with van der Waals surface area (Å²) in [4.78, 5) is 38.7. The van der Waals surface area contributed by atoms with Crippen molar-refractivity contribution in [3.05, 3.63) is 63.7 Å². The Hall–Kier alpha value is -2.66. The first-order valence-electron chi connectivity index (χ1n) is 8.90. The smallest absolute Gasteiger partial charge is 0.338 e. The van der Waals surface area contributed by atoms with E-state index in [-0.39, 0.29) is 16.7 Å². The molecule has 6 heteroatoms. The number of hydrogen-bond donors (Lipinski definition) is 0. The number of fused-ring (bicyclic) bond motifs is 1. The zero-order valence-corrected chi connectivity index (χ0v) is 16.0. The lowest BCUT2D eigenvalue weighted by Gasteiger charge is -2.14.